The van der Waals surface area contributed by atoms with Gasteiger partial charge in [0.1, 0.15) is 18.2 Å². The van der Waals surface area contributed by atoms with Crippen LogP contribution in [0.15, 0.2) is 72.8 Å². The van der Waals surface area contributed by atoms with Gasteiger partial charge in [0.05, 0.1) is 6.61 Å². The molecule has 0 heterocycles. The third-order valence-electron chi connectivity index (χ3n) is 4.20. The molecule has 0 aromatic heterocycles. The number of ether oxygens (including phenoxy) is 2. The average molecular weight is 394 g/mol. The van der Waals surface area contributed by atoms with Crippen molar-refractivity contribution in [3.63, 3.8) is 0 Å². The number of methoxy groups -OCH3 is 1. The summed E-state index contributed by atoms with van der Waals surface area (Å²) in [4.78, 5) is 12.2. The lowest BCUT2D eigenvalue weighted by atomic mass is 10.1. The van der Waals surface area contributed by atoms with Gasteiger partial charge in [-0.2, -0.15) is 0 Å². The molecule has 0 aliphatic rings. The van der Waals surface area contributed by atoms with Gasteiger partial charge in [-0.3, -0.25) is 0 Å². The van der Waals surface area contributed by atoms with Crippen molar-refractivity contribution in [1.82, 2.24) is 5.32 Å². The number of hydrogen-bond acceptors (Lipinski definition) is 3. The summed E-state index contributed by atoms with van der Waals surface area (Å²) in [7, 11) is 1.66. The van der Waals surface area contributed by atoms with Gasteiger partial charge in [0.15, 0.2) is 0 Å². The Morgan fingerprint density at radius 2 is 1.55 bits per heavy atom. The summed E-state index contributed by atoms with van der Waals surface area (Å²) < 4.78 is 23.7. The molecular formula is C23H23FN2O3. The highest BCUT2D eigenvalue weighted by molar-refractivity contribution is 5.89. The van der Waals surface area contributed by atoms with E-state index >= 15 is 0 Å². The summed E-state index contributed by atoms with van der Waals surface area (Å²) in [5, 5.41) is 5.61. The number of carbonyl (C=O) groups excluding carboxylic acids is 1. The van der Waals surface area contributed by atoms with Crippen molar-refractivity contribution in [2.24, 2.45) is 0 Å². The van der Waals surface area contributed by atoms with E-state index in [9.17, 15) is 9.18 Å². The van der Waals surface area contributed by atoms with Crippen LogP contribution in [0.25, 0.3) is 0 Å². The van der Waals surface area contributed by atoms with Crippen LogP contribution >= 0.6 is 0 Å². The van der Waals surface area contributed by atoms with Crippen LogP contribution in [0.1, 0.15) is 16.7 Å². The van der Waals surface area contributed by atoms with Crippen molar-refractivity contribution < 1.29 is 18.7 Å². The maximum atomic E-state index is 13.0. The number of anilines is 1. The predicted molar refractivity (Wildman–Crippen MR) is 110 cm³/mol. The first-order chi connectivity index (χ1) is 14.1. The monoisotopic (exact) mass is 394 g/mol. The summed E-state index contributed by atoms with van der Waals surface area (Å²) in [6.45, 7) is 1.29. The van der Waals surface area contributed by atoms with E-state index < -0.39 is 0 Å². The molecule has 2 amide bonds. The Labute approximate surface area is 169 Å². The Kier molecular flexibility index (Phi) is 7.19. The molecule has 0 unspecified atom stereocenters. The van der Waals surface area contributed by atoms with E-state index in [1.54, 1.807) is 43.5 Å². The first-order valence-electron chi connectivity index (χ1n) is 9.21. The van der Waals surface area contributed by atoms with Crippen molar-refractivity contribution in [1.29, 1.82) is 0 Å². The van der Waals surface area contributed by atoms with Crippen molar-refractivity contribution in [3.05, 3.63) is 95.3 Å². The Morgan fingerprint density at radius 1 is 0.897 bits per heavy atom. The third-order valence-corrected chi connectivity index (χ3v) is 4.20. The Bertz CT molecular complexity index is 928. The zero-order valence-corrected chi connectivity index (χ0v) is 16.2. The van der Waals surface area contributed by atoms with Gasteiger partial charge in [-0.1, -0.05) is 42.5 Å². The number of nitrogens with one attached hydrogen (secondary N) is 2. The van der Waals surface area contributed by atoms with Crippen molar-refractivity contribution in [2.45, 2.75) is 19.8 Å². The molecule has 3 aromatic rings. The highest BCUT2D eigenvalue weighted by Gasteiger charge is 2.04. The number of carbonyl (C=O) groups is 1. The SMILES string of the molecule is COCc1ccc(CNC(=O)Nc2cccc(OCc3ccc(F)cc3)c2)cc1. The minimum atomic E-state index is -0.304. The van der Waals surface area contributed by atoms with Crippen LogP contribution in [0.5, 0.6) is 5.75 Å². The maximum Gasteiger partial charge on any atom is 0.319 e. The quantitative estimate of drug-likeness (QED) is 0.573. The number of halogens is 1. The summed E-state index contributed by atoms with van der Waals surface area (Å²) in [5.74, 6) is 0.331. The first kappa shape index (κ1) is 20.4. The lowest BCUT2D eigenvalue weighted by Crippen LogP contribution is -2.28. The van der Waals surface area contributed by atoms with Gasteiger partial charge >= 0.3 is 6.03 Å². The van der Waals surface area contributed by atoms with E-state index in [4.69, 9.17) is 9.47 Å². The van der Waals surface area contributed by atoms with E-state index in [0.29, 0.717) is 31.2 Å². The van der Waals surface area contributed by atoms with Crippen LogP contribution in [0.2, 0.25) is 0 Å². The van der Waals surface area contributed by atoms with E-state index in [-0.39, 0.29) is 11.8 Å². The standard InChI is InChI=1S/C23H23FN2O3/c1-28-15-18-7-5-17(6-8-18)14-25-23(27)26-21-3-2-4-22(13-21)29-16-19-9-11-20(24)12-10-19/h2-13H,14-16H2,1H3,(H2,25,26,27). The molecule has 0 atom stereocenters. The molecule has 150 valence electrons. The van der Waals surface area contributed by atoms with Crippen molar-refractivity contribution in [3.8, 4) is 5.75 Å². The Hall–Kier alpha value is -3.38. The molecular weight excluding hydrogens is 371 g/mol. The second-order valence-electron chi connectivity index (χ2n) is 6.50. The topological polar surface area (TPSA) is 59.6 Å². The summed E-state index contributed by atoms with van der Waals surface area (Å²) in [6, 6.07) is 20.8. The highest BCUT2D eigenvalue weighted by Crippen LogP contribution is 2.19. The Balaban J connectivity index is 1.48. The number of hydrogen-bond donors (Lipinski definition) is 2. The van der Waals surface area contributed by atoms with Crippen molar-refractivity contribution in [2.75, 3.05) is 12.4 Å². The van der Waals surface area contributed by atoms with Gasteiger partial charge in [0.2, 0.25) is 0 Å². The largest absolute Gasteiger partial charge is 0.489 e. The summed E-state index contributed by atoms with van der Waals surface area (Å²) >= 11 is 0. The number of benzene rings is 3. The van der Waals surface area contributed by atoms with Crippen LogP contribution < -0.4 is 15.4 Å². The molecule has 0 fully saturated rings. The third kappa shape index (κ3) is 6.62. The summed E-state index contributed by atoms with van der Waals surface area (Å²) in [6.07, 6.45) is 0. The van der Waals surface area contributed by atoms with Crippen LogP contribution in [0, 0.1) is 5.82 Å². The fraction of sp³-hybridized carbons (Fsp3) is 0.174. The molecule has 3 aromatic carbocycles. The number of amides is 2. The van der Waals surface area contributed by atoms with E-state index in [0.717, 1.165) is 16.7 Å². The van der Waals surface area contributed by atoms with E-state index in [1.165, 1.54) is 12.1 Å². The molecule has 5 nitrogen and oxygen atoms in total. The molecule has 2 N–H and O–H groups in total. The van der Waals surface area contributed by atoms with Crippen LogP contribution in [-0.4, -0.2) is 13.1 Å². The Morgan fingerprint density at radius 3 is 2.28 bits per heavy atom. The molecule has 0 bridgehead atoms. The average Bonchev–Trinajstić information content (AvgIpc) is 2.73. The highest BCUT2D eigenvalue weighted by atomic mass is 19.1. The minimum absolute atomic E-state index is 0.281. The second kappa shape index (κ2) is 10.2. The molecule has 0 aliphatic heterocycles. The molecule has 0 radical (unpaired) electrons. The molecule has 0 saturated heterocycles. The van der Waals surface area contributed by atoms with Crippen molar-refractivity contribution >= 4 is 11.7 Å². The molecule has 29 heavy (non-hydrogen) atoms. The van der Waals surface area contributed by atoms with Gasteiger partial charge in [-0.25, -0.2) is 9.18 Å². The fourth-order valence-corrected chi connectivity index (χ4v) is 2.69. The van der Waals surface area contributed by atoms with Gasteiger partial charge in [-0.15, -0.1) is 0 Å². The molecule has 0 aliphatic carbocycles. The van der Waals surface area contributed by atoms with Gasteiger partial charge < -0.3 is 20.1 Å². The maximum absolute atomic E-state index is 13.0. The van der Waals surface area contributed by atoms with Gasteiger partial charge in [0, 0.05) is 25.4 Å². The minimum Gasteiger partial charge on any atom is -0.489 e. The van der Waals surface area contributed by atoms with Gasteiger partial charge in [-0.05, 0) is 41.0 Å². The second-order valence-corrected chi connectivity index (χ2v) is 6.50. The molecule has 0 spiro atoms. The molecule has 3 rings (SSSR count). The smallest absolute Gasteiger partial charge is 0.319 e. The van der Waals surface area contributed by atoms with E-state index in [1.807, 2.05) is 24.3 Å². The first-order valence-corrected chi connectivity index (χ1v) is 9.21. The summed E-state index contributed by atoms with van der Waals surface area (Å²) in [5.41, 5.74) is 3.56. The predicted octanol–water partition coefficient (Wildman–Crippen LogP) is 4.87. The number of rotatable bonds is 8. The zero-order valence-electron chi connectivity index (χ0n) is 16.2. The van der Waals surface area contributed by atoms with Crippen LogP contribution in [0.4, 0.5) is 14.9 Å². The normalized spacial score (nSPS) is 10.4. The lowest BCUT2D eigenvalue weighted by Gasteiger charge is -2.11. The van der Waals surface area contributed by atoms with E-state index in [2.05, 4.69) is 10.6 Å². The fourth-order valence-electron chi connectivity index (χ4n) is 2.69. The molecule has 0 saturated carbocycles. The van der Waals surface area contributed by atoms with Crippen LogP contribution in [0.3, 0.4) is 0 Å². The number of urea groups is 1. The lowest BCUT2D eigenvalue weighted by molar-refractivity contribution is 0.185. The molecule has 6 heteroatoms. The van der Waals surface area contributed by atoms with Crippen LogP contribution in [-0.2, 0) is 24.5 Å². The zero-order chi connectivity index (χ0) is 20.5. The van der Waals surface area contributed by atoms with Gasteiger partial charge in [0.25, 0.3) is 0 Å².